The SMILES string of the molecule is O=C(O)CN(C(=O)[C@@H]1CCC[C@@H]1NC(=O)OCC1c2ccccc2-c2ccccc21)C1CC1. The van der Waals surface area contributed by atoms with E-state index in [-0.39, 0.29) is 37.1 Å². The lowest BCUT2D eigenvalue weighted by molar-refractivity contribution is -0.147. The van der Waals surface area contributed by atoms with Gasteiger partial charge in [-0.1, -0.05) is 55.0 Å². The maximum absolute atomic E-state index is 13.1. The number of carboxylic acids is 1. The van der Waals surface area contributed by atoms with Gasteiger partial charge >= 0.3 is 12.1 Å². The molecule has 0 aromatic heterocycles. The van der Waals surface area contributed by atoms with Crippen molar-refractivity contribution in [3.8, 4) is 11.1 Å². The van der Waals surface area contributed by atoms with Gasteiger partial charge in [-0.15, -0.1) is 0 Å². The maximum Gasteiger partial charge on any atom is 0.407 e. The Morgan fingerprint density at radius 3 is 2.18 bits per heavy atom. The zero-order valence-electron chi connectivity index (χ0n) is 18.4. The highest BCUT2D eigenvalue weighted by molar-refractivity contribution is 5.85. The predicted molar refractivity (Wildman–Crippen MR) is 122 cm³/mol. The van der Waals surface area contributed by atoms with Crippen LogP contribution in [0.2, 0.25) is 0 Å². The smallest absolute Gasteiger partial charge is 0.407 e. The summed E-state index contributed by atoms with van der Waals surface area (Å²) in [5.41, 5.74) is 4.63. The molecule has 0 spiro atoms. The lowest BCUT2D eigenvalue weighted by Crippen LogP contribution is -2.48. The van der Waals surface area contributed by atoms with Gasteiger partial charge < -0.3 is 20.1 Å². The first kappa shape index (κ1) is 21.5. The topological polar surface area (TPSA) is 95.9 Å². The van der Waals surface area contributed by atoms with Crippen molar-refractivity contribution in [1.29, 1.82) is 0 Å². The average molecular weight is 449 g/mol. The summed E-state index contributed by atoms with van der Waals surface area (Å²) in [6, 6.07) is 16.0. The third kappa shape index (κ3) is 4.32. The van der Waals surface area contributed by atoms with E-state index in [0.29, 0.717) is 12.8 Å². The monoisotopic (exact) mass is 448 g/mol. The normalized spacial score (nSPS) is 21.2. The van der Waals surface area contributed by atoms with Crippen molar-refractivity contribution in [2.45, 2.75) is 50.1 Å². The summed E-state index contributed by atoms with van der Waals surface area (Å²) in [5.74, 6) is -1.59. The van der Waals surface area contributed by atoms with Gasteiger partial charge in [-0.05, 0) is 47.9 Å². The zero-order chi connectivity index (χ0) is 22.9. The standard InChI is InChI=1S/C26H28N2O5/c29-24(30)14-28(16-12-13-16)25(31)21-10-5-11-23(21)27-26(32)33-15-22-19-8-3-1-6-17(19)18-7-2-4-9-20(18)22/h1-4,6-9,16,21-23H,5,10-15H2,(H,27,32)(H,29,30)/t21-,23+/m1/s1. The molecule has 0 heterocycles. The van der Waals surface area contributed by atoms with E-state index in [9.17, 15) is 19.5 Å². The summed E-state index contributed by atoms with van der Waals surface area (Å²) >= 11 is 0. The van der Waals surface area contributed by atoms with E-state index in [1.165, 1.54) is 16.0 Å². The van der Waals surface area contributed by atoms with Crippen molar-refractivity contribution in [1.82, 2.24) is 10.2 Å². The van der Waals surface area contributed by atoms with E-state index in [1.54, 1.807) is 0 Å². The largest absolute Gasteiger partial charge is 0.480 e. The minimum absolute atomic E-state index is 0.0179. The van der Waals surface area contributed by atoms with Crippen molar-refractivity contribution in [3.63, 3.8) is 0 Å². The number of hydrogen-bond acceptors (Lipinski definition) is 4. The van der Waals surface area contributed by atoms with Gasteiger partial charge in [0.25, 0.3) is 0 Å². The average Bonchev–Trinajstić information content (AvgIpc) is 3.47. The number of carboxylic acid groups (broad SMARTS) is 1. The molecule has 2 amide bonds. The van der Waals surface area contributed by atoms with E-state index in [2.05, 4.69) is 29.6 Å². The number of ether oxygens (including phenoxy) is 1. The Bertz CT molecular complexity index is 1030. The fourth-order valence-corrected chi connectivity index (χ4v) is 5.35. The van der Waals surface area contributed by atoms with E-state index < -0.39 is 18.0 Å². The van der Waals surface area contributed by atoms with Crippen molar-refractivity contribution in [3.05, 3.63) is 59.7 Å². The molecule has 2 saturated carbocycles. The number of carbonyl (C=O) groups excluding carboxylic acids is 2. The highest BCUT2D eigenvalue weighted by atomic mass is 16.5. The second-order valence-corrected chi connectivity index (χ2v) is 9.20. The molecule has 2 aromatic carbocycles. The molecule has 0 saturated heterocycles. The maximum atomic E-state index is 13.1. The van der Waals surface area contributed by atoms with Crippen molar-refractivity contribution in [2.75, 3.05) is 13.2 Å². The van der Waals surface area contributed by atoms with Gasteiger partial charge in [0, 0.05) is 18.0 Å². The van der Waals surface area contributed by atoms with Crippen LogP contribution in [0.15, 0.2) is 48.5 Å². The summed E-state index contributed by atoms with van der Waals surface area (Å²) in [6.45, 7) is -0.0595. The van der Waals surface area contributed by atoms with Gasteiger partial charge in [0.05, 0.1) is 5.92 Å². The number of fused-ring (bicyclic) bond motifs is 3. The van der Waals surface area contributed by atoms with Crippen LogP contribution in [0.25, 0.3) is 11.1 Å². The van der Waals surface area contributed by atoms with Crippen LogP contribution in [0.1, 0.15) is 49.1 Å². The van der Waals surface area contributed by atoms with E-state index >= 15 is 0 Å². The molecule has 0 radical (unpaired) electrons. The van der Waals surface area contributed by atoms with Crippen molar-refractivity contribution in [2.24, 2.45) is 5.92 Å². The molecule has 0 unspecified atom stereocenters. The molecule has 5 rings (SSSR count). The number of nitrogens with one attached hydrogen (secondary N) is 1. The molecule has 172 valence electrons. The number of hydrogen-bond donors (Lipinski definition) is 2. The predicted octanol–water partition coefficient (Wildman–Crippen LogP) is 3.77. The molecular formula is C26H28N2O5. The Balaban J connectivity index is 1.22. The van der Waals surface area contributed by atoms with Crippen LogP contribution in [0, 0.1) is 5.92 Å². The second-order valence-electron chi connectivity index (χ2n) is 9.20. The molecule has 2 aromatic rings. The number of aliphatic carboxylic acids is 1. The zero-order valence-corrected chi connectivity index (χ0v) is 18.4. The third-order valence-corrected chi connectivity index (χ3v) is 7.06. The lowest BCUT2D eigenvalue weighted by atomic mass is 9.98. The van der Waals surface area contributed by atoms with Gasteiger partial charge in [-0.25, -0.2) is 4.79 Å². The highest BCUT2D eigenvalue weighted by Gasteiger charge is 2.42. The number of carbonyl (C=O) groups is 3. The van der Waals surface area contributed by atoms with Crippen LogP contribution in [-0.4, -0.2) is 53.2 Å². The molecule has 0 aliphatic heterocycles. The highest BCUT2D eigenvalue weighted by Crippen LogP contribution is 2.44. The number of amides is 2. The minimum Gasteiger partial charge on any atom is -0.480 e. The summed E-state index contributed by atoms with van der Waals surface area (Å²) in [4.78, 5) is 38.5. The molecule has 2 fully saturated rings. The first-order valence-electron chi connectivity index (χ1n) is 11.7. The lowest BCUT2D eigenvalue weighted by Gasteiger charge is -2.27. The molecule has 3 aliphatic rings. The Morgan fingerprint density at radius 1 is 0.939 bits per heavy atom. The molecule has 2 atom stereocenters. The third-order valence-electron chi connectivity index (χ3n) is 7.06. The fourth-order valence-electron chi connectivity index (χ4n) is 5.35. The Morgan fingerprint density at radius 2 is 1.58 bits per heavy atom. The van der Waals surface area contributed by atoms with Crippen LogP contribution in [-0.2, 0) is 14.3 Å². The second kappa shape index (κ2) is 8.89. The van der Waals surface area contributed by atoms with Gasteiger partial charge in [-0.3, -0.25) is 9.59 Å². The van der Waals surface area contributed by atoms with Gasteiger partial charge in [0.2, 0.25) is 5.91 Å². The first-order chi connectivity index (χ1) is 16.0. The van der Waals surface area contributed by atoms with Gasteiger partial charge in [-0.2, -0.15) is 0 Å². The summed E-state index contributed by atoms with van der Waals surface area (Å²) in [7, 11) is 0. The minimum atomic E-state index is -1.01. The van der Waals surface area contributed by atoms with Crippen LogP contribution in [0.3, 0.4) is 0 Å². The van der Waals surface area contributed by atoms with Crippen LogP contribution < -0.4 is 5.32 Å². The Labute approximate surface area is 192 Å². The van der Waals surface area contributed by atoms with E-state index in [4.69, 9.17) is 4.74 Å². The molecule has 33 heavy (non-hydrogen) atoms. The van der Waals surface area contributed by atoms with Crippen molar-refractivity contribution < 1.29 is 24.2 Å². The van der Waals surface area contributed by atoms with E-state index in [1.807, 2.05) is 24.3 Å². The molecule has 0 bridgehead atoms. The fraction of sp³-hybridized carbons (Fsp3) is 0.423. The molecule has 3 aliphatic carbocycles. The molecular weight excluding hydrogens is 420 g/mol. The summed E-state index contributed by atoms with van der Waals surface area (Å²) < 4.78 is 5.65. The Kier molecular flexibility index (Phi) is 5.79. The first-order valence-corrected chi connectivity index (χ1v) is 11.7. The van der Waals surface area contributed by atoms with Crippen LogP contribution >= 0.6 is 0 Å². The van der Waals surface area contributed by atoms with Crippen LogP contribution in [0.5, 0.6) is 0 Å². The van der Waals surface area contributed by atoms with Gasteiger partial charge in [0.15, 0.2) is 0 Å². The van der Waals surface area contributed by atoms with Gasteiger partial charge in [0.1, 0.15) is 13.2 Å². The number of nitrogens with zero attached hydrogens (tertiary/aromatic N) is 1. The summed E-state index contributed by atoms with van der Waals surface area (Å²) in [6.07, 6.45) is 3.31. The Hall–Kier alpha value is -3.35. The number of benzene rings is 2. The van der Waals surface area contributed by atoms with Crippen LogP contribution in [0.4, 0.5) is 4.79 Å². The van der Waals surface area contributed by atoms with Crippen molar-refractivity contribution >= 4 is 18.0 Å². The summed E-state index contributed by atoms with van der Waals surface area (Å²) in [5, 5.41) is 12.1. The van der Waals surface area contributed by atoms with E-state index in [0.717, 1.165) is 30.4 Å². The quantitative estimate of drug-likeness (QED) is 0.672. The molecule has 7 nitrogen and oxygen atoms in total. The number of alkyl carbamates (subject to hydrolysis) is 1. The molecule has 7 heteroatoms. The number of rotatable bonds is 7. The molecule has 2 N–H and O–H groups in total.